The van der Waals surface area contributed by atoms with Crippen LogP contribution in [-0.2, 0) is 0 Å². The number of aliphatic imine (C=N–C) groups is 1. The number of hydrogen-bond donors (Lipinski definition) is 2. The topological polar surface area (TPSA) is 53.9 Å². The van der Waals surface area contributed by atoms with E-state index in [1.54, 1.807) is 0 Å². The first kappa shape index (κ1) is 14.6. The van der Waals surface area contributed by atoms with Gasteiger partial charge in [0, 0.05) is 18.5 Å². The zero-order valence-electron chi connectivity index (χ0n) is 12.4. The maximum atomic E-state index is 10.1. The van der Waals surface area contributed by atoms with Crippen LogP contribution in [0.15, 0.2) is 65.7 Å². The molecule has 0 radical (unpaired) electrons. The molecule has 2 unspecified atom stereocenters. The summed E-state index contributed by atoms with van der Waals surface area (Å²) < 4.78 is 5.57. The van der Waals surface area contributed by atoms with Crippen molar-refractivity contribution in [1.82, 2.24) is 5.32 Å². The summed E-state index contributed by atoms with van der Waals surface area (Å²) in [4.78, 5) is 4.64. The highest BCUT2D eigenvalue weighted by atomic mass is 16.5. The molecule has 4 heteroatoms. The molecule has 3 rings (SSSR count). The van der Waals surface area contributed by atoms with E-state index in [1.165, 1.54) is 0 Å². The van der Waals surface area contributed by atoms with Crippen molar-refractivity contribution < 1.29 is 9.84 Å². The molecule has 1 aliphatic heterocycles. The van der Waals surface area contributed by atoms with Crippen molar-refractivity contribution in [3.8, 4) is 5.75 Å². The van der Waals surface area contributed by atoms with Crippen molar-refractivity contribution in [2.75, 3.05) is 13.2 Å². The molecular formula is C18H20N2O2. The average molecular weight is 296 g/mol. The molecule has 2 N–H and O–H groups in total. The molecule has 2 aromatic rings. The number of amidine groups is 1. The second-order valence-electron chi connectivity index (χ2n) is 5.39. The molecule has 2 aromatic carbocycles. The van der Waals surface area contributed by atoms with Gasteiger partial charge in [0.05, 0.1) is 12.1 Å². The van der Waals surface area contributed by atoms with Gasteiger partial charge in [-0.1, -0.05) is 48.5 Å². The van der Waals surface area contributed by atoms with Crippen LogP contribution in [0.2, 0.25) is 0 Å². The van der Waals surface area contributed by atoms with Crippen LogP contribution in [0.5, 0.6) is 5.75 Å². The number of benzene rings is 2. The molecule has 1 aliphatic rings. The molecule has 0 saturated carbocycles. The summed E-state index contributed by atoms with van der Waals surface area (Å²) in [6, 6.07) is 19.7. The lowest BCUT2D eigenvalue weighted by Crippen LogP contribution is -2.26. The lowest BCUT2D eigenvalue weighted by atomic mass is 10.1. The average Bonchev–Trinajstić information content (AvgIpc) is 3.03. The summed E-state index contributed by atoms with van der Waals surface area (Å²) in [5.41, 5.74) is 1.08. The number of nitrogens with zero attached hydrogens (tertiary/aromatic N) is 1. The standard InChI is InChI=1S/C18H20N2O2/c21-16(13-22-17-9-5-2-6-10-17)11-15-12-19-18(20-15)14-7-3-1-4-8-14/h1-10,15-16,21H,11-13H2,(H,19,20). The van der Waals surface area contributed by atoms with Crippen molar-refractivity contribution >= 4 is 5.84 Å². The molecule has 0 aliphatic carbocycles. The van der Waals surface area contributed by atoms with Crippen molar-refractivity contribution in [1.29, 1.82) is 0 Å². The number of para-hydroxylation sites is 1. The van der Waals surface area contributed by atoms with Gasteiger partial charge in [0.25, 0.3) is 0 Å². The Morgan fingerprint density at radius 1 is 1.09 bits per heavy atom. The molecule has 2 atom stereocenters. The zero-order chi connectivity index (χ0) is 15.2. The highest BCUT2D eigenvalue weighted by molar-refractivity contribution is 5.99. The summed E-state index contributed by atoms with van der Waals surface area (Å²) in [6.07, 6.45) is 0.0711. The number of hydrogen-bond acceptors (Lipinski definition) is 4. The predicted molar refractivity (Wildman–Crippen MR) is 87.3 cm³/mol. The van der Waals surface area contributed by atoms with Crippen LogP contribution in [0, 0.1) is 0 Å². The Bertz CT molecular complexity index is 613. The molecule has 4 nitrogen and oxygen atoms in total. The third-order valence-electron chi connectivity index (χ3n) is 3.59. The van der Waals surface area contributed by atoms with Gasteiger partial charge in [-0.15, -0.1) is 0 Å². The van der Waals surface area contributed by atoms with E-state index in [9.17, 15) is 5.11 Å². The molecule has 0 saturated heterocycles. The van der Waals surface area contributed by atoms with Crippen LogP contribution < -0.4 is 10.1 Å². The maximum absolute atomic E-state index is 10.1. The molecule has 0 amide bonds. The normalized spacial score (nSPS) is 18.4. The molecule has 0 fully saturated rings. The van der Waals surface area contributed by atoms with Crippen LogP contribution >= 0.6 is 0 Å². The lowest BCUT2D eigenvalue weighted by molar-refractivity contribution is 0.0951. The summed E-state index contributed by atoms with van der Waals surface area (Å²) in [5.74, 6) is 1.68. The van der Waals surface area contributed by atoms with Gasteiger partial charge in [-0.2, -0.15) is 0 Å². The van der Waals surface area contributed by atoms with Gasteiger partial charge in [-0.25, -0.2) is 0 Å². The molecular weight excluding hydrogens is 276 g/mol. The SMILES string of the molecule is OC(COc1ccccc1)CC1CNC(c2ccccc2)=N1. The summed E-state index contributed by atoms with van der Waals surface area (Å²) >= 11 is 0. The van der Waals surface area contributed by atoms with Gasteiger partial charge in [0.2, 0.25) is 0 Å². The minimum atomic E-state index is -0.522. The van der Waals surface area contributed by atoms with Gasteiger partial charge in [0.1, 0.15) is 18.2 Å². The minimum Gasteiger partial charge on any atom is -0.491 e. The van der Waals surface area contributed by atoms with E-state index >= 15 is 0 Å². The molecule has 0 aromatic heterocycles. The molecule has 0 bridgehead atoms. The van der Waals surface area contributed by atoms with E-state index in [-0.39, 0.29) is 12.6 Å². The fourth-order valence-corrected chi connectivity index (χ4v) is 2.49. The van der Waals surface area contributed by atoms with Gasteiger partial charge in [-0.3, -0.25) is 4.99 Å². The van der Waals surface area contributed by atoms with Gasteiger partial charge < -0.3 is 15.2 Å². The molecule has 0 spiro atoms. The third-order valence-corrected chi connectivity index (χ3v) is 3.59. The zero-order valence-corrected chi connectivity index (χ0v) is 12.4. The monoisotopic (exact) mass is 296 g/mol. The van der Waals surface area contributed by atoms with E-state index in [0.717, 1.165) is 23.7 Å². The van der Waals surface area contributed by atoms with E-state index in [1.807, 2.05) is 60.7 Å². The summed E-state index contributed by atoms with van der Waals surface area (Å²) in [5, 5.41) is 13.4. The Morgan fingerprint density at radius 2 is 1.77 bits per heavy atom. The lowest BCUT2D eigenvalue weighted by Gasteiger charge is -2.14. The van der Waals surface area contributed by atoms with Crippen LogP contribution in [0.3, 0.4) is 0 Å². The van der Waals surface area contributed by atoms with E-state index in [0.29, 0.717) is 6.42 Å². The van der Waals surface area contributed by atoms with Crippen molar-refractivity contribution in [3.05, 3.63) is 66.2 Å². The summed E-state index contributed by atoms with van der Waals surface area (Å²) in [6.45, 7) is 1.04. The van der Waals surface area contributed by atoms with Crippen LogP contribution in [0.1, 0.15) is 12.0 Å². The van der Waals surface area contributed by atoms with E-state index in [2.05, 4.69) is 10.3 Å². The quantitative estimate of drug-likeness (QED) is 0.859. The van der Waals surface area contributed by atoms with Crippen LogP contribution in [0.4, 0.5) is 0 Å². The van der Waals surface area contributed by atoms with Crippen molar-refractivity contribution in [2.24, 2.45) is 4.99 Å². The summed E-state index contributed by atoms with van der Waals surface area (Å²) in [7, 11) is 0. The third kappa shape index (κ3) is 3.86. The van der Waals surface area contributed by atoms with Crippen molar-refractivity contribution in [3.63, 3.8) is 0 Å². The highest BCUT2D eigenvalue weighted by Crippen LogP contribution is 2.13. The highest BCUT2D eigenvalue weighted by Gasteiger charge is 2.21. The first-order chi connectivity index (χ1) is 10.8. The largest absolute Gasteiger partial charge is 0.491 e. The number of nitrogens with one attached hydrogen (secondary N) is 1. The molecule has 1 heterocycles. The minimum absolute atomic E-state index is 0.0876. The Balaban J connectivity index is 1.50. The fraction of sp³-hybridized carbons (Fsp3) is 0.278. The number of aliphatic hydroxyl groups excluding tert-OH is 1. The van der Waals surface area contributed by atoms with Crippen LogP contribution in [0.25, 0.3) is 0 Å². The Hall–Kier alpha value is -2.33. The second kappa shape index (κ2) is 7.09. The van der Waals surface area contributed by atoms with E-state index in [4.69, 9.17) is 4.74 Å². The molecule has 114 valence electrons. The smallest absolute Gasteiger partial charge is 0.128 e. The Kier molecular flexibility index (Phi) is 4.71. The van der Waals surface area contributed by atoms with Crippen LogP contribution in [-0.4, -0.2) is 36.2 Å². The Morgan fingerprint density at radius 3 is 2.50 bits per heavy atom. The molecule has 22 heavy (non-hydrogen) atoms. The first-order valence-corrected chi connectivity index (χ1v) is 7.54. The second-order valence-corrected chi connectivity index (χ2v) is 5.39. The maximum Gasteiger partial charge on any atom is 0.128 e. The predicted octanol–water partition coefficient (Wildman–Crippen LogP) is 2.24. The van der Waals surface area contributed by atoms with Gasteiger partial charge in [0.15, 0.2) is 0 Å². The number of rotatable bonds is 6. The first-order valence-electron chi connectivity index (χ1n) is 7.54. The van der Waals surface area contributed by atoms with Gasteiger partial charge >= 0.3 is 0 Å². The number of aliphatic hydroxyl groups is 1. The number of ether oxygens (including phenoxy) is 1. The Labute approximate surface area is 130 Å². The van der Waals surface area contributed by atoms with Gasteiger partial charge in [-0.05, 0) is 12.1 Å². The van der Waals surface area contributed by atoms with E-state index < -0.39 is 6.10 Å². The van der Waals surface area contributed by atoms with Crippen molar-refractivity contribution in [2.45, 2.75) is 18.6 Å². The fourth-order valence-electron chi connectivity index (χ4n) is 2.49.